The van der Waals surface area contributed by atoms with Crippen LogP contribution in [0.2, 0.25) is 0 Å². The number of hydrogen-bond acceptors (Lipinski definition) is 2. The molecule has 0 radical (unpaired) electrons. The molecule has 18 heavy (non-hydrogen) atoms. The highest BCUT2D eigenvalue weighted by Gasteiger charge is 2.07. The van der Waals surface area contributed by atoms with E-state index in [4.69, 9.17) is 4.42 Å². The molecule has 2 nitrogen and oxygen atoms in total. The van der Waals surface area contributed by atoms with Gasteiger partial charge < -0.3 is 4.42 Å². The second-order valence-corrected chi connectivity index (χ2v) is 3.89. The highest BCUT2D eigenvalue weighted by Crippen LogP contribution is 2.27. The molecule has 0 atom stereocenters. The van der Waals surface area contributed by atoms with Gasteiger partial charge in [-0.3, -0.25) is 4.98 Å². The lowest BCUT2D eigenvalue weighted by molar-refractivity contribution is 0.592. The fourth-order valence-corrected chi connectivity index (χ4v) is 1.78. The predicted octanol–water partition coefficient (Wildman–Crippen LogP) is 4.15. The molecule has 88 valence electrons. The highest BCUT2D eigenvalue weighted by molar-refractivity contribution is 5.62. The van der Waals surface area contributed by atoms with Crippen LogP contribution in [0.5, 0.6) is 0 Å². The molecule has 0 unspecified atom stereocenters. The summed E-state index contributed by atoms with van der Waals surface area (Å²) in [6.45, 7) is 0. The topological polar surface area (TPSA) is 26.0 Å². The maximum atomic E-state index is 13.1. The minimum absolute atomic E-state index is 0.275. The van der Waals surface area contributed by atoms with E-state index in [1.165, 1.54) is 12.1 Å². The fourth-order valence-electron chi connectivity index (χ4n) is 1.78. The van der Waals surface area contributed by atoms with Gasteiger partial charge in [-0.1, -0.05) is 18.2 Å². The van der Waals surface area contributed by atoms with Gasteiger partial charge in [0, 0.05) is 11.8 Å². The Morgan fingerprint density at radius 1 is 0.889 bits per heavy atom. The van der Waals surface area contributed by atoms with Gasteiger partial charge in [-0.25, -0.2) is 4.39 Å². The Morgan fingerprint density at radius 2 is 1.78 bits per heavy atom. The lowest BCUT2D eigenvalue weighted by atomic mass is 10.2. The average molecular weight is 239 g/mol. The number of rotatable bonds is 2. The molecule has 0 aliphatic rings. The Labute approximate surface area is 104 Å². The number of nitrogens with zero attached hydrogens (tertiary/aromatic N) is 1. The minimum atomic E-state index is -0.275. The van der Waals surface area contributed by atoms with Crippen molar-refractivity contribution in [1.82, 2.24) is 4.98 Å². The van der Waals surface area contributed by atoms with Crippen LogP contribution in [0, 0.1) is 5.82 Å². The maximum Gasteiger partial charge on any atom is 0.153 e. The average Bonchev–Trinajstić information content (AvgIpc) is 2.89. The zero-order valence-corrected chi connectivity index (χ0v) is 9.51. The minimum Gasteiger partial charge on any atom is -0.454 e. The number of hydrogen-bond donors (Lipinski definition) is 0. The molecule has 0 aliphatic carbocycles. The largest absolute Gasteiger partial charge is 0.454 e. The Morgan fingerprint density at radius 3 is 2.56 bits per heavy atom. The molecule has 0 saturated carbocycles. The summed E-state index contributed by atoms with van der Waals surface area (Å²) < 4.78 is 18.8. The zero-order valence-electron chi connectivity index (χ0n) is 9.51. The third-order valence-corrected chi connectivity index (χ3v) is 2.63. The molecule has 3 aromatic rings. The molecule has 2 heterocycles. The Hall–Kier alpha value is -2.42. The first-order chi connectivity index (χ1) is 8.83. The molecule has 0 aliphatic heterocycles. The third kappa shape index (κ3) is 2.02. The van der Waals surface area contributed by atoms with Crippen molar-refractivity contribution >= 4 is 0 Å². The van der Waals surface area contributed by atoms with Crippen molar-refractivity contribution in [2.24, 2.45) is 0 Å². The third-order valence-electron chi connectivity index (χ3n) is 2.63. The SMILES string of the molecule is Fc1cccc(-c2ccc(-c3ccccn3)o2)c1. The maximum absolute atomic E-state index is 13.1. The van der Waals surface area contributed by atoms with E-state index >= 15 is 0 Å². The van der Waals surface area contributed by atoms with Crippen LogP contribution < -0.4 is 0 Å². The van der Waals surface area contributed by atoms with Gasteiger partial charge in [0.25, 0.3) is 0 Å². The van der Waals surface area contributed by atoms with E-state index in [1.807, 2.05) is 36.4 Å². The second-order valence-electron chi connectivity index (χ2n) is 3.89. The molecule has 0 amide bonds. The van der Waals surface area contributed by atoms with Crippen molar-refractivity contribution < 1.29 is 8.81 Å². The fraction of sp³-hybridized carbons (Fsp3) is 0. The second kappa shape index (κ2) is 4.45. The first kappa shape index (κ1) is 10.7. The monoisotopic (exact) mass is 239 g/mol. The van der Waals surface area contributed by atoms with Crippen LogP contribution in [-0.2, 0) is 0 Å². The molecular weight excluding hydrogens is 229 g/mol. The normalized spacial score (nSPS) is 10.5. The summed E-state index contributed by atoms with van der Waals surface area (Å²) in [5, 5.41) is 0. The lowest BCUT2D eigenvalue weighted by Gasteiger charge is -1.97. The number of aromatic nitrogens is 1. The van der Waals surface area contributed by atoms with Gasteiger partial charge in [0.2, 0.25) is 0 Å². The standard InChI is InChI=1S/C15H10FNO/c16-12-5-3-4-11(10-12)14-7-8-15(18-14)13-6-1-2-9-17-13/h1-10H. The van der Waals surface area contributed by atoms with Crippen molar-refractivity contribution in [3.8, 4) is 22.8 Å². The Bertz CT molecular complexity index is 661. The predicted molar refractivity (Wildman–Crippen MR) is 67.3 cm³/mol. The summed E-state index contributed by atoms with van der Waals surface area (Å²) in [6.07, 6.45) is 1.71. The molecular formula is C15H10FNO. The van der Waals surface area contributed by atoms with Gasteiger partial charge in [0.1, 0.15) is 17.3 Å². The van der Waals surface area contributed by atoms with Gasteiger partial charge in [-0.15, -0.1) is 0 Å². The number of halogens is 1. The summed E-state index contributed by atoms with van der Waals surface area (Å²) >= 11 is 0. The van der Waals surface area contributed by atoms with Crippen LogP contribution in [-0.4, -0.2) is 4.98 Å². The number of pyridine rings is 1. The van der Waals surface area contributed by atoms with E-state index in [-0.39, 0.29) is 5.82 Å². The quantitative estimate of drug-likeness (QED) is 0.671. The van der Waals surface area contributed by atoms with Gasteiger partial charge >= 0.3 is 0 Å². The van der Waals surface area contributed by atoms with Crippen LogP contribution in [0.25, 0.3) is 22.8 Å². The van der Waals surface area contributed by atoms with Crippen LogP contribution in [0.15, 0.2) is 65.2 Å². The van der Waals surface area contributed by atoms with E-state index in [1.54, 1.807) is 12.3 Å². The van der Waals surface area contributed by atoms with Crippen molar-refractivity contribution in [2.45, 2.75) is 0 Å². The molecule has 0 saturated heterocycles. The van der Waals surface area contributed by atoms with Crippen LogP contribution in [0.1, 0.15) is 0 Å². The van der Waals surface area contributed by atoms with Crippen molar-refractivity contribution in [2.75, 3.05) is 0 Å². The van der Waals surface area contributed by atoms with Crippen LogP contribution >= 0.6 is 0 Å². The molecule has 3 rings (SSSR count). The first-order valence-corrected chi connectivity index (χ1v) is 5.60. The highest BCUT2D eigenvalue weighted by atomic mass is 19.1. The zero-order chi connectivity index (χ0) is 12.4. The number of benzene rings is 1. The van der Waals surface area contributed by atoms with E-state index in [2.05, 4.69) is 4.98 Å². The van der Waals surface area contributed by atoms with Crippen LogP contribution in [0.4, 0.5) is 4.39 Å². The Kier molecular flexibility index (Phi) is 2.65. The smallest absolute Gasteiger partial charge is 0.153 e. The van der Waals surface area contributed by atoms with Gasteiger partial charge in [-0.05, 0) is 36.4 Å². The van der Waals surface area contributed by atoms with Gasteiger partial charge in [0.15, 0.2) is 5.76 Å². The first-order valence-electron chi connectivity index (χ1n) is 5.60. The molecule has 1 aromatic carbocycles. The van der Waals surface area contributed by atoms with Crippen molar-refractivity contribution in [3.05, 3.63) is 66.6 Å². The summed E-state index contributed by atoms with van der Waals surface area (Å²) in [7, 11) is 0. The number of furan rings is 1. The summed E-state index contributed by atoms with van der Waals surface area (Å²) in [4.78, 5) is 4.21. The molecule has 0 fully saturated rings. The van der Waals surface area contributed by atoms with E-state index in [9.17, 15) is 4.39 Å². The Balaban J connectivity index is 2.00. The van der Waals surface area contributed by atoms with E-state index in [0.29, 0.717) is 11.5 Å². The van der Waals surface area contributed by atoms with E-state index in [0.717, 1.165) is 11.3 Å². The van der Waals surface area contributed by atoms with Crippen molar-refractivity contribution in [1.29, 1.82) is 0 Å². The van der Waals surface area contributed by atoms with E-state index < -0.39 is 0 Å². The molecule has 3 heteroatoms. The summed E-state index contributed by atoms with van der Waals surface area (Å²) in [6, 6.07) is 15.6. The molecule has 0 spiro atoms. The molecule has 0 N–H and O–H groups in total. The molecule has 2 aromatic heterocycles. The van der Waals surface area contributed by atoms with Crippen LogP contribution in [0.3, 0.4) is 0 Å². The van der Waals surface area contributed by atoms with Gasteiger partial charge in [0.05, 0.1) is 0 Å². The summed E-state index contributed by atoms with van der Waals surface area (Å²) in [5.74, 6) is 1.04. The van der Waals surface area contributed by atoms with Crippen molar-refractivity contribution in [3.63, 3.8) is 0 Å². The molecule has 0 bridgehead atoms. The summed E-state index contributed by atoms with van der Waals surface area (Å²) in [5.41, 5.74) is 1.48. The van der Waals surface area contributed by atoms with Gasteiger partial charge in [-0.2, -0.15) is 0 Å². The lowest BCUT2D eigenvalue weighted by Crippen LogP contribution is -1.78.